The van der Waals surface area contributed by atoms with E-state index in [9.17, 15) is 0 Å². The molecule has 1 aliphatic heterocycles. The zero-order chi connectivity index (χ0) is 19.1. The van der Waals surface area contributed by atoms with Crippen LogP contribution in [-0.4, -0.2) is 60.1 Å². The summed E-state index contributed by atoms with van der Waals surface area (Å²) in [6, 6.07) is 12.8. The summed E-state index contributed by atoms with van der Waals surface area (Å²) in [7, 11) is 3.95. The molecule has 1 fully saturated rings. The van der Waals surface area contributed by atoms with Gasteiger partial charge in [-0.3, -0.25) is 4.98 Å². The molecular formula is C21H22N6O. The fourth-order valence-electron chi connectivity index (χ4n) is 3.58. The number of fused-ring (bicyclic) bond motifs is 2. The van der Waals surface area contributed by atoms with Gasteiger partial charge in [-0.05, 0) is 42.4 Å². The van der Waals surface area contributed by atoms with E-state index in [0.29, 0.717) is 6.01 Å². The van der Waals surface area contributed by atoms with E-state index in [2.05, 4.69) is 44.3 Å². The van der Waals surface area contributed by atoms with Crippen molar-refractivity contribution in [1.29, 1.82) is 0 Å². The van der Waals surface area contributed by atoms with Gasteiger partial charge in [0, 0.05) is 33.2 Å². The molecule has 1 aliphatic rings. The lowest BCUT2D eigenvalue weighted by molar-refractivity contribution is 0.312. The van der Waals surface area contributed by atoms with Gasteiger partial charge in [-0.1, -0.05) is 12.1 Å². The summed E-state index contributed by atoms with van der Waals surface area (Å²) in [5.74, 6) is 0.948. The molecule has 142 valence electrons. The van der Waals surface area contributed by atoms with Gasteiger partial charge >= 0.3 is 0 Å². The molecule has 0 aliphatic carbocycles. The number of aromatic nitrogens is 3. The van der Waals surface area contributed by atoms with Crippen molar-refractivity contribution in [3.05, 3.63) is 42.6 Å². The average molecular weight is 374 g/mol. The number of likely N-dealkylation sites (N-methyl/N-ethyl adjacent to an activating group) is 1. The van der Waals surface area contributed by atoms with Crippen molar-refractivity contribution in [3.63, 3.8) is 0 Å². The predicted molar refractivity (Wildman–Crippen MR) is 112 cm³/mol. The maximum Gasteiger partial charge on any atom is 0.295 e. The molecule has 0 atom stereocenters. The van der Waals surface area contributed by atoms with Crippen molar-refractivity contribution in [3.8, 4) is 11.1 Å². The Balaban J connectivity index is 1.51. The van der Waals surface area contributed by atoms with Gasteiger partial charge in [-0.2, -0.15) is 4.98 Å². The van der Waals surface area contributed by atoms with Gasteiger partial charge in [0.1, 0.15) is 11.3 Å². The van der Waals surface area contributed by atoms with E-state index in [0.717, 1.165) is 65.3 Å². The summed E-state index contributed by atoms with van der Waals surface area (Å²) >= 11 is 0. The van der Waals surface area contributed by atoms with Gasteiger partial charge in [-0.25, -0.2) is 4.98 Å². The molecule has 0 radical (unpaired) electrons. The zero-order valence-corrected chi connectivity index (χ0v) is 16.0. The topological polar surface area (TPSA) is 70.3 Å². The highest BCUT2D eigenvalue weighted by Gasteiger charge is 2.16. The van der Waals surface area contributed by atoms with Crippen molar-refractivity contribution < 1.29 is 4.42 Å². The molecule has 0 bridgehead atoms. The average Bonchev–Trinajstić information content (AvgIpc) is 3.16. The number of hydrogen-bond donors (Lipinski definition) is 1. The van der Waals surface area contributed by atoms with Crippen LogP contribution in [0, 0.1) is 0 Å². The van der Waals surface area contributed by atoms with E-state index in [1.165, 1.54) is 0 Å². The van der Waals surface area contributed by atoms with Gasteiger partial charge in [0.05, 0.1) is 17.2 Å². The molecule has 28 heavy (non-hydrogen) atoms. The summed E-state index contributed by atoms with van der Waals surface area (Å²) in [6.45, 7) is 4.05. The highest BCUT2D eigenvalue weighted by Crippen LogP contribution is 2.28. The summed E-state index contributed by atoms with van der Waals surface area (Å²) < 4.78 is 5.62. The van der Waals surface area contributed by atoms with E-state index in [-0.39, 0.29) is 0 Å². The van der Waals surface area contributed by atoms with Crippen LogP contribution in [0.15, 0.2) is 47.0 Å². The number of piperazine rings is 1. The van der Waals surface area contributed by atoms with E-state index < -0.39 is 0 Å². The first-order chi connectivity index (χ1) is 13.7. The molecule has 0 spiro atoms. The third-order valence-corrected chi connectivity index (χ3v) is 5.29. The largest absolute Gasteiger partial charge is 0.424 e. The molecule has 0 unspecified atom stereocenters. The first-order valence-electron chi connectivity index (χ1n) is 9.48. The van der Waals surface area contributed by atoms with Crippen molar-refractivity contribution in [2.45, 2.75) is 0 Å². The standard InChI is InChI=1S/C21H22N6O/c1-22-21-25-18-12-15(4-6-19(18)28-21)14-3-5-16-17(11-14)24-20(13-23-16)27-9-7-26(2)8-10-27/h3-6,11-13H,7-10H2,1-2H3,(H,22,25). The Labute approximate surface area is 163 Å². The summed E-state index contributed by atoms with van der Waals surface area (Å²) in [5.41, 5.74) is 5.59. The van der Waals surface area contributed by atoms with Gasteiger partial charge in [0.2, 0.25) is 0 Å². The third-order valence-electron chi connectivity index (χ3n) is 5.29. The second-order valence-corrected chi connectivity index (χ2v) is 7.17. The number of oxazole rings is 1. The van der Waals surface area contributed by atoms with Gasteiger partial charge < -0.3 is 19.5 Å². The van der Waals surface area contributed by atoms with E-state index in [1.54, 1.807) is 7.05 Å². The highest BCUT2D eigenvalue weighted by atomic mass is 16.4. The Morgan fingerprint density at radius 1 is 0.893 bits per heavy atom. The maximum atomic E-state index is 5.62. The fourth-order valence-corrected chi connectivity index (χ4v) is 3.58. The Morgan fingerprint density at radius 3 is 2.43 bits per heavy atom. The summed E-state index contributed by atoms with van der Waals surface area (Å²) in [6.07, 6.45) is 1.88. The van der Waals surface area contributed by atoms with Crippen LogP contribution in [0.1, 0.15) is 0 Å². The first-order valence-corrected chi connectivity index (χ1v) is 9.48. The van der Waals surface area contributed by atoms with Crippen LogP contribution in [0.5, 0.6) is 0 Å². The third kappa shape index (κ3) is 3.03. The molecule has 3 heterocycles. The van der Waals surface area contributed by atoms with Crippen LogP contribution in [0.2, 0.25) is 0 Å². The molecule has 2 aromatic heterocycles. The number of nitrogens with one attached hydrogen (secondary N) is 1. The van der Waals surface area contributed by atoms with Crippen LogP contribution < -0.4 is 10.2 Å². The molecule has 1 saturated heterocycles. The molecule has 7 heteroatoms. The van der Waals surface area contributed by atoms with Crippen LogP contribution in [0.3, 0.4) is 0 Å². The number of nitrogens with zero attached hydrogens (tertiary/aromatic N) is 5. The Morgan fingerprint density at radius 2 is 1.64 bits per heavy atom. The molecule has 1 N–H and O–H groups in total. The van der Waals surface area contributed by atoms with Gasteiger partial charge in [0.15, 0.2) is 5.58 Å². The van der Waals surface area contributed by atoms with E-state index in [4.69, 9.17) is 9.40 Å². The first kappa shape index (κ1) is 16.9. The Bertz CT molecular complexity index is 1150. The van der Waals surface area contributed by atoms with Crippen molar-refractivity contribution >= 4 is 34.0 Å². The van der Waals surface area contributed by atoms with E-state index in [1.807, 2.05) is 30.5 Å². The molecule has 0 amide bonds. The van der Waals surface area contributed by atoms with Gasteiger partial charge in [0.25, 0.3) is 6.01 Å². The molecule has 4 aromatic rings. The van der Waals surface area contributed by atoms with Gasteiger partial charge in [-0.15, -0.1) is 0 Å². The lowest BCUT2D eigenvalue weighted by Gasteiger charge is -2.33. The van der Waals surface area contributed by atoms with Crippen molar-refractivity contribution in [2.75, 3.05) is 50.5 Å². The minimum absolute atomic E-state index is 0.522. The molecule has 5 rings (SSSR count). The maximum absolute atomic E-state index is 5.62. The summed E-state index contributed by atoms with van der Waals surface area (Å²) in [4.78, 5) is 18.6. The number of benzene rings is 2. The molecule has 7 nitrogen and oxygen atoms in total. The second kappa shape index (κ2) is 6.76. The second-order valence-electron chi connectivity index (χ2n) is 7.17. The van der Waals surface area contributed by atoms with Crippen molar-refractivity contribution in [1.82, 2.24) is 19.9 Å². The van der Waals surface area contributed by atoms with Crippen molar-refractivity contribution in [2.24, 2.45) is 0 Å². The fraction of sp³-hybridized carbons (Fsp3) is 0.286. The minimum atomic E-state index is 0.522. The van der Waals surface area contributed by atoms with E-state index >= 15 is 0 Å². The predicted octanol–water partition coefficient (Wildman–Crippen LogP) is 3.23. The van der Waals surface area contributed by atoms with Crippen LogP contribution >= 0.6 is 0 Å². The monoisotopic (exact) mass is 374 g/mol. The Hall–Kier alpha value is -3.19. The van der Waals surface area contributed by atoms with Crippen LogP contribution in [0.4, 0.5) is 11.8 Å². The molecule has 0 saturated carbocycles. The lowest BCUT2D eigenvalue weighted by atomic mass is 10.0. The number of hydrogen-bond acceptors (Lipinski definition) is 7. The highest BCUT2D eigenvalue weighted by molar-refractivity contribution is 5.86. The quantitative estimate of drug-likeness (QED) is 0.590. The number of rotatable bonds is 3. The van der Waals surface area contributed by atoms with Crippen LogP contribution in [-0.2, 0) is 0 Å². The van der Waals surface area contributed by atoms with Crippen LogP contribution in [0.25, 0.3) is 33.3 Å². The SMILES string of the molecule is CNc1nc2cc(-c3ccc4ncc(N5CCN(C)CC5)nc4c3)ccc2o1. The normalized spacial score (nSPS) is 15.4. The lowest BCUT2D eigenvalue weighted by Crippen LogP contribution is -2.44. The number of anilines is 2. The molecular weight excluding hydrogens is 352 g/mol. The minimum Gasteiger partial charge on any atom is -0.424 e. The summed E-state index contributed by atoms with van der Waals surface area (Å²) in [5, 5.41) is 2.94. The Kier molecular flexibility index (Phi) is 4.09. The zero-order valence-electron chi connectivity index (χ0n) is 16.0. The molecule has 2 aromatic carbocycles. The smallest absolute Gasteiger partial charge is 0.295 e.